The molecule has 32 heavy (non-hydrogen) atoms. The molecule has 186 valence electrons. The van der Waals surface area contributed by atoms with Crippen LogP contribution in [0.25, 0.3) is 0 Å². The molecule has 0 amide bonds. The molecule has 2 atom stereocenters. The van der Waals surface area contributed by atoms with Crippen LogP contribution in [0.3, 0.4) is 0 Å². The van der Waals surface area contributed by atoms with Crippen molar-refractivity contribution in [1.82, 2.24) is 0 Å². The Hall–Kier alpha value is -0.545. The predicted octanol–water partition coefficient (Wildman–Crippen LogP) is 7.60. The van der Waals surface area contributed by atoms with Crippen LogP contribution in [0.1, 0.15) is 125 Å². The molecule has 0 aromatic heterocycles. The minimum Gasteiger partial charge on any atom is -0.469 e. The van der Waals surface area contributed by atoms with E-state index in [1.807, 2.05) is 0 Å². The number of carbonyl (C=O) groups is 1. The average Bonchev–Trinajstić information content (AvgIpc) is 2.91. The van der Waals surface area contributed by atoms with Crippen molar-refractivity contribution in [3.05, 3.63) is 0 Å². The minimum atomic E-state index is -0.272. The van der Waals surface area contributed by atoms with Crippen molar-refractivity contribution >= 4 is 13.1 Å². The van der Waals surface area contributed by atoms with Crippen LogP contribution in [0.5, 0.6) is 0 Å². The number of esters is 1. The van der Waals surface area contributed by atoms with Gasteiger partial charge in [-0.3, -0.25) is 4.79 Å². The lowest BCUT2D eigenvalue weighted by atomic mass is 9.76. The van der Waals surface area contributed by atoms with Crippen molar-refractivity contribution in [1.29, 1.82) is 0 Å². The van der Waals surface area contributed by atoms with E-state index in [1.54, 1.807) is 7.11 Å². The minimum absolute atomic E-state index is 0.00301. The fourth-order valence-electron chi connectivity index (χ4n) is 5.70. The summed E-state index contributed by atoms with van der Waals surface area (Å²) < 4.78 is 17.6. The molecule has 0 N–H and O–H groups in total. The van der Waals surface area contributed by atoms with Crippen LogP contribution in [0.15, 0.2) is 0 Å². The fraction of sp³-hybridized carbons (Fsp3) is 0.963. The normalized spacial score (nSPS) is 23.4. The van der Waals surface area contributed by atoms with Crippen molar-refractivity contribution in [2.45, 2.75) is 142 Å². The molecular formula is C27H51BO4. The maximum absolute atomic E-state index is 12.7. The first kappa shape index (κ1) is 27.7. The number of rotatable bonds is 12. The Balaban J connectivity index is 1.85. The first-order chi connectivity index (χ1) is 15.2. The van der Waals surface area contributed by atoms with Crippen LogP contribution in [0.2, 0.25) is 6.32 Å². The van der Waals surface area contributed by atoms with Crippen LogP contribution < -0.4 is 0 Å². The zero-order valence-electron chi connectivity index (χ0n) is 22.0. The summed E-state index contributed by atoms with van der Waals surface area (Å²) in [5.41, 5.74) is -0.544. The summed E-state index contributed by atoms with van der Waals surface area (Å²) in [5, 5.41) is 0. The highest BCUT2D eigenvalue weighted by molar-refractivity contribution is 6.45. The van der Waals surface area contributed by atoms with E-state index < -0.39 is 0 Å². The van der Waals surface area contributed by atoms with E-state index in [4.69, 9.17) is 14.0 Å². The lowest BCUT2D eigenvalue weighted by Crippen LogP contribution is -2.41. The van der Waals surface area contributed by atoms with Gasteiger partial charge in [0.05, 0.1) is 24.2 Å². The van der Waals surface area contributed by atoms with Gasteiger partial charge in [-0.25, -0.2) is 0 Å². The summed E-state index contributed by atoms with van der Waals surface area (Å²) in [7, 11) is 1.41. The summed E-state index contributed by atoms with van der Waals surface area (Å²) in [6.45, 7) is 10.7. The van der Waals surface area contributed by atoms with E-state index in [0.29, 0.717) is 5.92 Å². The standard InChI is InChI=1S/C27H51BO4/c1-7-15-23(19-14-21-28-31-26(2,3)27(4,5)32-28)24(25(29)30-6)20-13-18-22-16-11-9-8-10-12-17-22/h22-24H,7-21H2,1-6H3. The fourth-order valence-corrected chi connectivity index (χ4v) is 5.70. The molecule has 2 rings (SSSR count). The number of carbonyl (C=O) groups excluding carboxylic acids is 1. The summed E-state index contributed by atoms with van der Waals surface area (Å²) in [6.07, 6.45) is 18.3. The van der Waals surface area contributed by atoms with Gasteiger partial charge in [0.2, 0.25) is 0 Å². The molecule has 1 aliphatic carbocycles. The lowest BCUT2D eigenvalue weighted by Gasteiger charge is -2.32. The summed E-state index contributed by atoms with van der Waals surface area (Å²) >= 11 is 0. The molecule has 0 spiro atoms. The third-order valence-corrected chi connectivity index (χ3v) is 8.40. The van der Waals surface area contributed by atoms with Crippen LogP contribution >= 0.6 is 0 Å². The smallest absolute Gasteiger partial charge is 0.457 e. The van der Waals surface area contributed by atoms with Gasteiger partial charge in [0.25, 0.3) is 0 Å². The Morgan fingerprint density at radius 2 is 1.53 bits per heavy atom. The van der Waals surface area contributed by atoms with Crippen LogP contribution in [-0.4, -0.2) is 31.4 Å². The van der Waals surface area contributed by atoms with Crippen LogP contribution in [0, 0.1) is 17.8 Å². The van der Waals surface area contributed by atoms with E-state index in [0.717, 1.165) is 50.8 Å². The summed E-state index contributed by atoms with van der Waals surface area (Å²) in [5.74, 6) is 1.29. The number of hydrogen-bond acceptors (Lipinski definition) is 4. The maximum atomic E-state index is 12.7. The van der Waals surface area contributed by atoms with Gasteiger partial charge in [0.1, 0.15) is 0 Å². The molecule has 1 aliphatic heterocycles. The van der Waals surface area contributed by atoms with Crippen molar-refractivity contribution < 1.29 is 18.8 Å². The van der Waals surface area contributed by atoms with Gasteiger partial charge in [-0.15, -0.1) is 0 Å². The summed E-state index contributed by atoms with van der Waals surface area (Å²) in [6, 6.07) is 0. The highest BCUT2D eigenvalue weighted by Gasteiger charge is 2.50. The third kappa shape index (κ3) is 8.35. The van der Waals surface area contributed by atoms with Gasteiger partial charge in [-0.2, -0.15) is 0 Å². The zero-order valence-corrected chi connectivity index (χ0v) is 22.0. The maximum Gasteiger partial charge on any atom is 0.457 e. The highest BCUT2D eigenvalue weighted by atomic mass is 16.7. The Labute approximate surface area is 199 Å². The summed E-state index contributed by atoms with van der Waals surface area (Å²) in [4.78, 5) is 12.7. The molecule has 2 fully saturated rings. The highest BCUT2D eigenvalue weighted by Crippen LogP contribution is 2.39. The Kier molecular flexibility index (Phi) is 11.6. The second-order valence-corrected chi connectivity index (χ2v) is 11.4. The van der Waals surface area contributed by atoms with Gasteiger partial charge in [-0.05, 0) is 58.7 Å². The largest absolute Gasteiger partial charge is 0.469 e. The molecule has 1 saturated heterocycles. The zero-order chi connectivity index (χ0) is 23.6. The van der Waals surface area contributed by atoms with Gasteiger partial charge >= 0.3 is 13.1 Å². The van der Waals surface area contributed by atoms with E-state index in [9.17, 15) is 4.79 Å². The second kappa shape index (κ2) is 13.4. The van der Waals surface area contributed by atoms with Crippen LogP contribution in [0.4, 0.5) is 0 Å². The lowest BCUT2D eigenvalue weighted by molar-refractivity contribution is -0.148. The Bertz CT molecular complexity index is 524. The monoisotopic (exact) mass is 450 g/mol. The van der Waals surface area contributed by atoms with E-state index in [2.05, 4.69) is 34.6 Å². The number of ether oxygens (including phenoxy) is 1. The van der Waals surface area contributed by atoms with Gasteiger partial charge in [-0.1, -0.05) is 84.0 Å². The molecule has 0 bridgehead atoms. The van der Waals surface area contributed by atoms with Gasteiger partial charge in [0, 0.05) is 0 Å². The third-order valence-electron chi connectivity index (χ3n) is 8.40. The van der Waals surface area contributed by atoms with E-state index in [1.165, 1.54) is 51.4 Å². The van der Waals surface area contributed by atoms with Crippen molar-refractivity contribution in [2.24, 2.45) is 17.8 Å². The van der Waals surface area contributed by atoms with Crippen molar-refractivity contribution in [3.63, 3.8) is 0 Å². The second-order valence-electron chi connectivity index (χ2n) is 11.4. The molecule has 4 nitrogen and oxygen atoms in total. The SMILES string of the molecule is CCCC(CCCB1OC(C)(C)C(C)(C)O1)C(CCCC1CCCCCCC1)C(=O)OC. The first-order valence-electron chi connectivity index (χ1n) is 13.6. The van der Waals surface area contributed by atoms with Crippen molar-refractivity contribution in [3.8, 4) is 0 Å². The average molecular weight is 451 g/mol. The molecule has 1 heterocycles. The number of methoxy groups -OCH3 is 1. The first-order valence-corrected chi connectivity index (χ1v) is 13.6. The quantitative estimate of drug-likeness (QED) is 0.227. The molecule has 2 unspecified atom stereocenters. The molecule has 0 aromatic rings. The molecular weight excluding hydrogens is 399 g/mol. The molecule has 5 heteroatoms. The molecule has 0 aromatic carbocycles. The molecule has 0 radical (unpaired) electrons. The van der Waals surface area contributed by atoms with Crippen molar-refractivity contribution in [2.75, 3.05) is 7.11 Å². The molecule has 1 saturated carbocycles. The Morgan fingerprint density at radius 1 is 0.938 bits per heavy atom. The van der Waals surface area contributed by atoms with E-state index >= 15 is 0 Å². The Morgan fingerprint density at radius 3 is 2.09 bits per heavy atom. The van der Waals surface area contributed by atoms with Gasteiger partial charge < -0.3 is 14.0 Å². The number of hydrogen-bond donors (Lipinski definition) is 0. The predicted molar refractivity (Wildman–Crippen MR) is 134 cm³/mol. The van der Waals surface area contributed by atoms with Crippen LogP contribution in [-0.2, 0) is 18.8 Å². The topological polar surface area (TPSA) is 44.8 Å². The van der Waals surface area contributed by atoms with Gasteiger partial charge in [0.15, 0.2) is 0 Å². The molecule has 2 aliphatic rings. The van der Waals surface area contributed by atoms with E-state index in [-0.39, 0.29) is 30.2 Å².